The zero-order valence-corrected chi connectivity index (χ0v) is 19.8. The second kappa shape index (κ2) is 9.21. The number of anilines is 1. The second-order valence-electron chi connectivity index (χ2n) is 9.36. The molecule has 1 aliphatic carbocycles. The van der Waals surface area contributed by atoms with Gasteiger partial charge in [-0.3, -0.25) is 4.57 Å². The van der Waals surface area contributed by atoms with E-state index in [0.717, 1.165) is 37.1 Å². The summed E-state index contributed by atoms with van der Waals surface area (Å²) in [5.74, 6) is 1.02. The Morgan fingerprint density at radius 2 is 1.91 bits per heavy atom. The van der Waals surface area contributed by atoms with Gasteiger partial charge in [-0.25, -0.2) is 9.67 Å². The maximum Gasteiger partial charge on any atom is 0.254 e. The van der Waals surface area contributed by atoms with Crippen molar-refractivity contribution < 1.29 is 20.1 Å². The molecule has 184 valence electrons. The van der Waals surface area contributed by atoms with E-state index in [1.807, 2.05) is 13.8 Å². The number of fused-ring (bicyclic) bond motifs is 1. The summed E-state index contributed by atoms with van der Waals surface area (Å²) in [6.07, 6.45) is 3.69. The summed E-state index contributed by atoms with van der Waals surface area (Å²) in [7, 11) is 0. The number of nitrogens with zero attached hydrogens (tertiary/aromatic N) is 6. The highest BCUT2D eigenvalue weighted by Crippen LogP contribution is 2.33. The van der Waals surface area contributed by atoms with E-state index in [1.165, 1.54) is 24.7 Å². The van der Waals surface area contributed by atoms with Crippen molar-refractivity contribution in [1.29, 1.82) is 0 Å². The Balaban J connectivity index is 1.63. The lowest BCUT2D eigenvalue weighted by Crippen LogP contribution is -2.33. The lowest BCUT2D eigenvalue weighted by Gasteiger charge is -2.18. The molecular formula is C23H33N7O4. The van der Waals surface area contributed by atoms with E-state index in [4.69, 9.17) is 19.8 Å². The maximum absolute atomic E-state index is 10.6. The van der Waals surface area contributed by atoms with Crippen molar-refractivity contribution in [2.75, 3.05) is 11.9 Å². The molecule has 4 atom stereocenters. The molecular weight excluding hydrogens is 438 g/mol. The molecule has 11 heteroatoms. The van der Waals surface area contributed by atoms with Crippen molar-refractivity contribution in [2.45, 2.75) is 89.9 Å². The van der Waals surface area contributed by atoms with E-state index in [-0.39, 0.29) is 0 Å². The molecule has 0 spiro atoms. The van der Waals surface area contributed by atoms with Gasteiger partial charge in [0.05, 0.1) is 18.6 Å². The lowest BCUT2D eigenvalue weighted by molar-refractivity contribution is -0.0511. The fourth-order valence-corrected chi connectivity index (χ4v) is 5.14. The number of aliphatic hydroxyl groups is 3. The zero-order chi connectivity index (χ0) is 24.0. The molecule has 3 aromatic heterocycles. The quantitative estimate of drug-likeness (QED) is 0.403. The number of hydrogen-bond donors (Lipinski definition) is 4. The van der Waals surface area contributed by atoms with Crippen LogP contribution in [0.1, 0.15) is 62.2 Å². The summed E-state index contributed by atoms with van der Waals surface area (Å²) < 4.78 is 9.11. The number of aromatic nitrogens is 6. The molecule has 5 rings (SSSR count). The summed E-state index contributed by atoms with van der Waals surface area (Å²) >= 11 is 0. The molecule has 2 aliphatic rings. The second-order valence-corrected chi connectivity index (χ2v) is 9.36. The first-order valence-electron chi connectivity index (χ1n) is 12.1. The fourth-order valence-electron chi connectivity index (χ4n) is 5.14. The molecule has 0 bridgehead atoms. The zero-order valence-electron chi connectivity index (χ0n) is 19.8. The first-order chi connectivity index (χ1) is 16.4. The van der Waals surface area contributed by atoms with E-state index in [9.17, 15) is 15.3 Å². The van der Waals surface area contributed by atoms with Crippen molar-refractivity contribution >= 4 is 17.0 Å². The summed E-state index contributed by atoms with van der Waals surface area (Å²) in [4.78, 5) is 14.1. The fraction of sp³-hybridized carbons (Fsp3) is 0.652. The first kappa shape index (κ1) is 23.2. The van der Waals surface area contributed by atoms with Crippen molar-refractivity contribution in [3.63, 3.8) is 0 Å². The Hall–Kier alpha value is -2.60. The van der Waals surface area contributed by atoms with Crippen LogP contribution in [0.25, 0.3) is 17.1 Å². The van der Waals surface area contributed by atoms with Crippen molar-refractivity contribution in [3.05, 3.63) is 23.3 Å². The number of hydrogen-bond acceptors (Lipinski definition) is 9. The Labute approximate surface area is 197 Å². The largest absolute Gasteiger partial charge is 0.394 e. The topological polar surface area (TPSA) is 143 Å². The lowest BCUT2D eigenvalue weighted by atomic mass is 10.1. The van der Waals surface area contributed by atoms with Crippen LogP contribution in [0.3, 0.4) is 0 Å². The van der Waals surface area contributed by atoms with E-state index >= 15 is 0 Å². The SMILES string of the molecule is CCCc1c(C)nn(-c2nc(NC3CCCC3)c3ncn(C4O[C@H](CO)[C@@H](O)[C@H]4O)c3n2)c1C. The van der Waals surface area contributed by atoms with Crippen molar-refractivity contribution in [2.24, 2.45) is 0 Å². The molecule has 34 heavy (non-hydrogen) atoms. The van der Waals surface area contributed by atoms with Gasteiger partial charge in [0.2, 0.25) is 0 Å². The van der Waals surface area contributed by atoms with Crippen molar-refractivity contribution in [3.8, 4) is 5.95 Å². The van der Waals surface area contributed by atoms with Crippen LogP contribution in [0.15, 0.2) is 6.33 Å². The smallest absolute Gasteiger partial charge is 0.254 e. The van der Waals surface area contributed by atoms with E-state index in [1.54, 1.807) is 9.25 Å². The Bertz CT molecular complexity index is 1170. The first-order valence-corrected chi connectivity index (χ1v) is 12.1. The highest BCUT2D eigenvalue weighted by atomic mass is 16.6. The molecule has 1 saturated heterocycles. The van der Waals surface area contributed by atoms with Crippen LogP contribution in [-0.4, -0.2) is 75.6 Å². The minimum Gasteiger partial charge on any atom is -0.394 e. The van der Waals surface area contributed by atoms with Gasteiger partial charge >= 0.3 is 0 Å². The van der Waals surface area contributed by atoms with E-state index in [0.29, 0.717) is 29.0 Å². The van der Waals surface area contributed by atoms with Gasteiger partial charge in [0.1, 0.15) is 18.3 Å². The predicted molar refractivity (Wildman–Crippen MR) is 125 cm³/mol. The summed E-state index contributed by atoms with van der Waals surface area (Å²) in [5, 5.41) is 38.7. The average molecular weight is 472 g/mol. The van der Waals surface area contributed by atoms with Gasteiger partial charge in [0.25, 0.3) is 5.95 Å². The molecule has 11 nitrogen and oxygen atoms in total. The van der Waals surface area contributed by atoms with Gasteiger partial charge < -0.3 is 25.4 Å². The van der Waals surface area contributed by atoms with Crippen LogP contribution in [0, 0.1) is 13.8 Å². The molecule has 1 saturated carbocycles. The molecule has 1 unspecified atom stereocenters. The average Bonchev–Trinajstić information content (AvgIpc) is 3.60. The third-order valence-corrected chi connectivity index (χ3v) is 7.03. The Kier molecular flexibility index (Phi) is 6.28. The maximum atomic E-state index is 10.6. The van der Waals surface area contributed by atoms with Gasteiger partial charge in [-0.05, 0) is 38.7 Å². The van der Waals surface area contributed by atoms with Crippen molar-refractivity contribution in [1.82, 2.24) is 29.3 Å². The van der Waals surface area contributed by atoms with Crippen LogP contribution in [0.4, 0.5) is 5.82 Å². The van der Waals surface area contributed by atoms with Gasteiger partial charge in [-0.2, -0.15) is 15.1 Å². The highest BCUT2D eigenvalue weighted by molar-refractivity contribution is 5.84. The molecule has 0 radical (unpaired) electrons. The Morgan fingerprint density at radius 1 is 1.15 bits per heavy atom. The van der Waals surface area contributed by atoms with Crippen LogP contribution in [-0.2, 0) is 11.2 Å². The number of ether oxygens (including phenoxy) is 1. The van der Waals surface area contributed by atoms with Crippen LogP contribution in [0.5, 0.6) is 0 Å². The minimum atomic E-state index is -1.23. The number of imidazole rings is 1. The third-order valence-electron chi connectivity index (χ3n) is 7.03. The third kappa shape index (κ3) is 3.86. The molecule has 2 fully saturated rings. The molecule has 1 aliphatic heterocycles. The normalized spacial score (nSPS) is 25.6. The summed E-state index contributed by atoms with van der Waals surface area (Å²) in [6.45, 7) is 5.75. The number of nitrogens with one attached hydrogen (secondary N) is 1. The van der Waals surface area contributed by atoms with Gasteiger partial charge in [-0.1, -0.05) is 26.2 Å². The highest BCUT2D eigenvalue weighted by Gasteiger charge is 2.44. The van der Waals surface area contributed by atoms with E-state index in [2.05, 4.69) is 17.2 Å². The predicted octanol–water partition coefficient (Wildman–Crippen LogP) is 1.55. The number of aliphatic hydroxyl groups excluding tert-OH is 3. The van der Waals surface area contributed by atoms with Gasteiger partial charge in [0.15, 0.2) is 23.2 Å². The van der Waals surface area contributed by atoms with E-state index < -0.39 is 31.1 Å². The molecule has 4 N–H and O–H groups in total. The minimum absolute atomic E-state index is 0.307. The van der Waals surface area contributed by atoms with Gasteiger partial charge in [0, 0.05) is 11.7 Å². The molecule has 3 aromatic rings. The standard InChI is InChI=1S/C23H33N7O4/c1-4-7-15-12(2)28-30(13(15)3)23-26-20(25-14-8-5-6-9-14)17-21(27-23)29(11-24-17)22-19(33)18(32)16(10-31)34-22/h11,14,16,18-19,22,31-33H,4-10H2,1-3H3,(H,25,26,27)/t16-,18-,19-,22?/m1/s1. The Morgan fingerprint density at radius 3 is 2.59 bits per heavy atom. The van der Waals surface area contributed by atoms with Crippen LogP contribution < -0.4 is 5.32 Å². The summed E-state index contributed by atoms with van der Waals surface area (Å²) in [6, 6.07) is 0.307. The number of aryl methyl sites for hydroxylation is 1. The number of rotatable bonds is 7. The molecule has 0 aromatic carbocycles. The molecule has 4 heterocycles. The van der Waals surface area contributed by atoms with Crippen LogP contribution in [0.2, 0.25) is 0 Å². The monoisotopic (exact) mass is 471 g/mol. The summed E-state index contributed by atoms with van der Waals surface area (Å²) in [5.41, 5.74) is 4.15. The van der Waals surface area contributed by atoms with Crippen LogP contribution >= 0.6 is 0 Å². The molecule has 0 amide bonds. The van der Waals surface area contributed by atoms with Gasteiger partial charge in [-0.15, -0.1) is 0 Å².